The molecule has 1 fully saturated rings. The molecule has 4 nitrogen and oxygen atoms in total. The number of rotatable bonds is 6. The van der Waals surface area contributed by atoms with Crippen molar-refractivity contribution in [1.29, 1.82) is 0 Å². The fraction of sp³-hybridized carbons (Fsp3) is 0.353. The number of benzene rings is 1. The second-order valence-corrected chi connectivity index (χ2v) is 9.77. The van der Waals surface area contributed by atoms with E-state index in [2.05, 4.69) is 15.5 Å². The molecule has 0 aliphatic heterocycles. The largest absolute Gasteiger partial charge is 0.300 e. The van der Waals surface area contributed by atoms with Gasteiger partial charge in [-0.25, -0.2) is 4.39 Å². The highest BCUT2D eigenvalue weighted by atomic mass is 35.5. The maximum atomic E-state index is 12.9. The summed E-state index contributed by atoms with van der Waals surface area (Å²) in [6.45, 7) is 4.00. The summed E-state index contributed by atoms with van der Waals surface area (Å²) in [5.41, 5.74) is 0.800. The van der Waals surface area contributed by atoms with Crippen molar-refractivity contribution in [2.45, 2.75) is 23.9 Å². The van der Waals surface area contributed by atoms with Crippen LogP contribution >= 0.6 is 46.3 Å². The number of hydrogen-bond donors (Lipinski definition) is 1. The van der Waals surface area contributed by atoms with Gasteiger partial charge in [0.05, 0.1) is 5.92 Å². The summed E-state index contributed by atoms with van der Waals surface area (Å²) in [5, 5.41) is 11.4. The molecule has 1 aliphatic carbocycles. The van der Waals surface area contributed by atoms with Gasteiger partial charge in [0.2, 0.25) is 11.0 Å². The van der Waals surface area contributed by atoms with E-state index in [0.29, 0.717) is 10.9 Å². The summed E-state index contributed by atoms with van der Waals surface area (Å²) < 4.78 is 13.8. The zero-order chi connectivity index (χ0) is 18.9. The summed E-state index contributed by atoms with van der Waals surface area (Å²) >= 11 is 14.2. The van der Waals surface area contributed by atoms with Crippen LogP contribution in [0, 0.1) is 23.1 Å². The van der Waals surface area contributed by atoms with Crippen LogP contribution in [0.25, 0.3) is 0 Å². The summed E-state index contributed by atoms with van der Waals surface area (Å²) in [6, 6.07) is 6.32. The summed E-state index contributed by atoms with van der Waals surface area (Å²) in [7, 11) is 0. The Labute approximate surface area is 169 Å². The van der Waals surface area contributed by atoms with Crippen LogP contribution in [0.15, 0.2) is 39.2 Å². The Morgan fingerprint density at radius 2 is 2.04 bits per heavy atom. The molecule has 1 saturated carbocycles. The third-order valence-corrected chi connectivity index (χ3v) is 6.71. The SMILES string of the molecule is CC1(C)[C@H](C=C(Cl)Cl)[C@H]1C(=O)Nc1nnc(SCc2ccc(F)cc2)s1. The van der Waals surface area contributed by atoms with Gasteiger partial charge in [-0.1, -0.05) is 72.3 Å². The van der Waals surface area contributed by atoms with Gasteiger partial charge in [-0.15, -0.1) is 10.2 Å². The molecule has 0 bridgehead atoms. The van der Waals surface area contributed by atoms with E-state index in [0.717, 1.165) is 9.90 Å². The second-order valence-electron chi connectivity index (χ2n) is 6.56. The molecule has 138 valence electrons. The minimum absolute atomic E-state index is 0.00717. The first-order valence-electron chi connectivity index (χ1n) is 7.82. The fourth-order valence-corrected chi connectivity index (χ4v) is 4.83. The van der Waals surface area contributed by atoms with Crippen molar-refractivity contribution < 1.29 is 9.18 Å². The number of amides is 1. The highest BCUT2D eigenvalue weighted by molar-refractivity contribution is 8.00. The molecule has 2 aromatic rings. The highest BCUT2D eigenvalue weighted by Gasteiger charge is 2.60. The van der Waals surface area contributed by atoms with E-state index in [1.807, 2.05) is 13.8 Å². The number of aromatic nitrogens is 2. The lowest BCUT2D eigenvalue weighted by molar-refractivity contribution is -0.118. The topological polar surface area (TPSA) is 54.9 Å². The summed E-state index contributed by atoms with van der Waals surface area (Å²) in [5.74, 6) is 0.0878. The maximum Gasteiger partial charge on any atom is 0.230 e. The van der Waals surface area contributed by atoms with Gasteiger partial charge in [-0.3, -0.25) is 4.79 Å². The average Bonchev–Trinajstić information content (AvgIpc) is 2.91. The van der Waals surface area contributed by atoms with Crippen molar-refractivity contribution >= 4 is 57.3 Å². The van der Waals surface area contributed by atoms with Crippen LogP contribution in [-0.2, 0) is 10.5 Å². The van der Waals surface area contributed by atoms with Crippen LogP contribution in [-0.4, -0.2) is 16.1 Å². The Kier molecular flexibility index (Phi) is 5.91. The van der Waals surface area contributed by atoms with Gasteiger partial charge in [0, 0.05) is 5.75 Å². The van der Waals surface area contributed by atoms with E-state index >= 15 is 0 Å². The monoisotopic (exact) mass is 431 g/mol. The fourth-order valence-electron chi connectivity index (χ4n) is 2.85. The standard InChI is InChI=1S/C17H16Cl2FN3OS2/c1-17(2)11(7-12(18)19)13(17)14(24)21-15-22-23-16(26-15)25-8-9-3-5-10(20)6-4-9/h3-7,11,13H,8H2,1-2H3,(H,21,22,24)/t11-,13+/m1/s1. The lowest BCUT2D eigenvalue weighted by Crippen LogP contribution is -2.16. The molecule has 0 saturated heterocycles. The van der Waals surface area contributed by atoms with Crippen molar-refractivity contribution in [2.75, 3.05) is 5.32 Å². The number of hydrogen-bond acceptors (Lipinski definition) is 5. The Morgan fingerprint density at radius 1 is 1.35 bits per heavy atom. The van der Waals surface area contributed by atoms with E-state index in [1.165, 1.54) is 35.2 Å². The maximum absolute atomic E-state index is 12.9. The molecule has 0 spiro atoms. The van der Waals surface area contributed by atoms with Crippen molar-refractivity contribution in [3.8, 4) is 0 Å². The molecule has 3 rings (SSSR count). The normalized spacial score (nSPS) is 20.5. The number of anilines is 1. The first kappa shape index (κ1) is 19.6. The van der Waals surface area contributed by atoms with E-state index in [-0.39, 0.29) is 33.5 Å². The number of carbonyl (C=O) groups is 1. The lowest BCUT2D eigenvalue weighted by Gasteiger charge is -2.01. The first-order chi connectivity index (χ1) is 12.3. The van der Waals surface area contributed by atoms with Crippen LogP contribution < -0.4 is 5.32 Å². The number of nitrogens with one attached hydrogen (secondary N) is 1. The highest BCUT2D eigenvalue weighted by Crippen LogP contribution is 2.60. The van der Waals surface area contributed by atoms with Gasteiger partial charge in [0.25, 0.3) is 0 Å². The minimum atomic E-state index is -0.258. The van der Waals surface area contributed by atoms with Gasteiger partial charge in [-0.05, 0) is 35.1 Å². The van der Waals surface area contributed by atoms with Crippen LogP contribution in [0.5, 0.6) is 0 Å². The van der Waals surface area contributed by atoms with Crippen LogP contribution in [0.3, 0.4) is 0 Å². The average molecular weight is 432 g/mol. The van der Waals surface area contributed by atoms with E-state index in [9.17, 15) is 9.18 Å². The molecule has 0 radical (unpaired) electrons. The van der Waals surface area contributed by atoms with E-state index < -0.39 is 0 Å². The van der Waals surface area contributed by atoms with Crippen LogP contribution in [0.4, 0.5) is 9.52 Å². The third-order valence-electron chi connectivity index (χ3n) is 4.41. The zero-order valence-electron chi connectivity index (χ0n) is 14.0. The van der Waals surface area contributed by atoms with Crippen molar-refractivity contribution in [1.82, 2.24) is 10.2 Å². The van der Waals surface area contributed by atoms with Gasteiger partial charge in [0.1, 0.15) is 10.3 Å². The number of carbonyl (C=O) groups excluding carboxylic acids is 1. The van der Waals surface area contributed by atoms with Crippen molar-refractivity contribution in [2.24, 2.45) is 17.3 Å². The molecular formula is C17H16Cl2FN3OS2. The predicted octanol–water partition coefficient (Wildman–Crippen LogP) is 5.50. The molecule has 9 heteroatoms. The Hall–Kier alpha value is -1.15. The second kappa shape index (κ2) is 7.84. The van der Waals surface area contributed by atoms with Crippen molar-refractivity contribution in [3.05, 3.63) is 46.2 Å². The van der Waals surface area contributed by atoms with Gasteiger partial charge in [-0.2, -0.15) is 0 Å². The van der Waals surface area contributed by atoms with Crippen molar-refractivity contribution in [3.63, 3.8) is 0 Å². The molecular weight excluding hydrogens is 416 g/mol. The smallest absolute Gasteiger partial charge is 0.230 e. The van der Waals surface area contributed by atoms with Gasteiger partial charge >= 0.3 is 0 Å². The number of thioether (sulfide) groups is 1. The molecule has 1 aromatic carbocycles. The Balaban J connectivity index is 1.56. The Bertz CT molecular complexity index is 835. The quantitative estimate of drug-likeness (QED) is 0.484. The number of halogens is 3. The third kappa shape index (κ3) is 4.57. The molecule has 1 amide bonds. The lowest BCUT2D eigenvalue weighted by atomic mass is 10.1. The molecule has 1 aromatic heterocycles. The first-order valence-corrected chi connectivity index (χ1v) is 10.4. The van der Waals surface area contributed by atoms with Crippen LogP contribution in [0.1, 0.15) is 19.4 Å². The predicted molar refractivity (Wildman–Crippen MR) is 105 cm³/mol. The van der Waals surface area contributed by atoms with E-state index in [4.69, 9.17) is 23.2 Å². The molecule has 26 heavy (non-hydrogen) atoms. The molecule has 1 heterocycles. The molecule has 1 aliphatic rings. The van der Waals surface area contributed by atoms with E-state index in [1.54, 1.807) is 18.2 Å². The van der Waals surface area contributed by atoms with Gasteiger partial charge < -0.3 is 5.32 Å². The summed E-state index contributed by atoms with van der Waals surface area (Å²) in [4.78, 5) is 12.5. The molecule has 1 N–H and O–H groups in total. The molecule has 0 unspecified atom stereocenters. The summed E-state index contributed by atoms with van der Waals surface area (Å²) in [6.07, 6.45) is 1.71. The zero-order valence-corrected chi connectivity index (χ0v) is 17.1. The number of nitrogens with zero attached hydrogens (tertiary/aromatic N) is 2. The van der Waals surface area contributed by atoms with Crippen LogP contribution in [0.2, 0.25) is 0 Å². The Morgan fingerprint density at radius 3 is 2.69 bits per heavy atom. The number of allylic oxidation sites excluding steroid dienone is 1. The minimum Gasteiger partial charge on any atom is -0.300 e. The van der Waals surface area contributed by atoms with Gasteiger partial charge in [0.15, 0.2) is 4.34 Å². The molecule has 2 atom stereocenters.